The van der Waals surface area contributed by atoms with E-state index in [1.54, 1.807) is 39.8 Å². The van der Waals surface area contributed by atoms with Crippen LogP contribution in [0.2, 0.25) is 10.0 Å². The molecular formula is C28H31Cl3N6O3S. The van der Waals surface area contributed by atoms with Crippen LogP contribution >= 0.6 is 34.8 Å². The van der Waals surface area contributed by atoms with Crippen LogP contribution in [0.1, 0.15) is 71.4 Å². The molecular weight excluding hydrogens is 607 g/mol. The van der Waals surface area contributed by atoms with Gasteiger partial charge in [-0.25, -0.2) is 0 Å². The number of nitrogens with one attached hydrogen (secondary N) is 1. The van der Waals surface area contributed by atoms with Crippen LogP contribution in [0.5, 0.6) is 0 Å². The fraction of sp³-hybridized carbons (Fsp3) is 0.429. The summed E-state index contributed by atoms with van der Waals surface area (Å²) in [7, 11) is 0. The summed E-state index contributed by atoms with van der Waals surface area (Å²) in [5.74, 6) is 0.356. The Morgan fingerprint density at radius 3 is 1.90 bits per heavy atom. The Kier molecular flexibility index (Phi) is 11.9. The molecule has 1 amide bonds. The third-order valence-electron chi connectivity index (χ3n) is 6.87. The Morgan fingerprint density at radius 2 is 1.49 bits per heavy atom. The largest absolute Gasteiger partial charge is 0.398 e. The average Bonchev–Trinajstić information content (AvgIpc) is 3.80. The highest BCUT2D eigenvalue weighted by Gasteiger charge is 2.43. The van der Waals surface area contributed by atoms with E-state index < -0.39 is 16.3 Å². The van der Waals surface area contributed by atoms with E-state index in [4.69, 9.17) is 51.5 Å². The van der Waals surface area contributed by atoms with E-state index in [0.717, 1.165) is 31.2 Å². The zero-order valence-corrected chi connectivity index (χ0v) is 26.1. The Hall–Kier alpha value is -2.99. The van der Waals surface area contributed by atoms with Gasteiger partial charge in [-0.15, -0.1) is 0 Å². The summed E-state index contributed by atoms with van der Waals surface area (Å²) in [5, 5.41) is 20.6. The quantitative estimate of drug-likeness (QED) is 0.244. The van der Waals surface area contributed by atoms with E-state index in [1.807, 2.05) is 0 Å². The summed E-state index contributed by atoms with van der Waals surface area (Å²) in [6, 6.07) is 10.5. The molecule has 5 N–H and O–H groups in total. The second-order valence-electron chi connectivity index (χ2n) is 10.5. The van der Waals surface area contributed by atoms with Crippen LogP contribution in [0.4, 0.5) is 11.4 Å². The molecule has 0 bridgehead atoms. The number of carbonyl (C=O) groups is 2. The van der Waals surface area contributed by atoms with Gasteiger partial charge in [0.15, 0.2) is 0 Å². The number of aryl methyl sites for hydroxylation is 2. The van der Waals surface area contributed by atoms with Crippen molar-refractivity contribution in [2.24, 2.45) is 21.9 Å². The molecule has 4 rings (SSSR count). The Labute approximate surface area is 258 Å². The molecule has 2 unspecified atom stereocenters. The van der Waals surface area contributed by atoms with Gasteiger partial charge in [-0.1, -0.05) is 23.2 Å². The maximum atomic E-state index is 12.3. The molecule has 13 heteroatoms. The van der Waals surface area contributed by atoms with E-state index in [0.29, 0.717) is 32.8 Å². The minimum Gasteiger partial charge on any atom is -0.398 e. The predicted molar refractivity (Wildman–Crippen MR) is 162 cm³/mol. The number of benzene rings is 2. The summed E-state index contributed by atoms with van der Waals surface area (Å²) < 4.78 is 13.8. The van der Waals surface area contributed by atoms with E-state index in [2.05, 4.69) is 21.8 Å². The third kappa shape index (κ3) is 9.53. The Morgan fingerprint density at radius 1 is 0.976 bits per heavy atom. The molecule has 0 aliphatic heterocycles. The van der Waals surface area contributed by atoms with Crippen molar-refractivity contribution < 1.29 is 13.8 Å². The Bertz CT molecular complexity index is 1470. The standard InChI is InChI=1S/C14H16ClN3O.C8H5Cl2NO2S.C6H10N2/c1-8-5-10(15)6-11(12(8)17)13(19)18-14(2,7-16)9-3-4-9;1-4-2-5(9)3-6(8(10)12)7(4)11-14-13;1-6(8,4-7)5-2-3-5/h5-6,9H,3-4,17H2,1-2H3,(H,18,19);2-3H,1H3;5H,2-3,8H2,1H3. The van der Waals surface area contributed by atoms with Crippen LogP contribution < -0.4 is 16.8 Å². The number of rotatable bonds is 6. The van der Waals surface area contributed by atoms with Crippen molar-refractivity contribution in [2.45, 2.75) is 64.5 Å². The summed E-state index contributed by atoms with van der Waals surface area (Å²) in [6.45, 7) is 7.04. The monoisotopic (exact) mass is 636 g/mol. The zero-order valence-electron chi connectivity index (χ0n) is 23.1. The van der Waals surface area contributed by atoms with Gasteiger partial charge < -0.3 is 16.8 Å². The molecule has 2 aromatic carbocycles. The fourth-order valence-electron chi connectivity index (χ4n) is 3.95. The number of hydrogen-bond acceptors (Lipinski definition) is 8. The first-order valence-corrected chi connectivity index (χ1v) is 14.4. The Balaban J connectivity index is 0.000000234. The average molecular weight is 638 g/mol. The summed E-state index contributed by atoms with van der Waals surface area (Å²) in [5.41, 5.74) is 12.6. The van der Waals surface area contributed by atoms with Gasteiger partial charge in [0.05, 0.1) is 29.0 Å². The van der Waals surface area contributed by atoms with Crippen LogP contribution in [0, 0.1) is 48.3 Å². The van der Waals surface area contributed by atoms with Crippen molar-refractivity contribution in [1.29, 1.82) is 10.5 Å². The SMILES string of the molecule is CC(N)(C#N)C1CC1.Cc1cc(Cl)cc(C(=O)Cl)c1N=S=O.Cc1cc(Cl)cc(C(=O)NC(C)(C#N)C2CC2)c1N. The van der Waals surface area contributed by atoms with E-state index in [9.17, 15) is 19.1 Å². The predicted octanol–water partition coefficient (Wildman–Crippen LogP) is 6.35. The van der Waals surface area contributed by atoms with Crippen molar-refractivity contribution in [2.75, 3.05) is 5.73 Å². The number of nitrogens with two attached hydrogens (primary N) is 2. The molecule has 41 heavy (non-hydrogen) atoms. The van der Waals surface area contributed by atoms with Crippen molar-refractivity contribution in [3.05, 3.63) is 56.6 Å². The second-order valence-corrected chi connectivity index (χ2v) is 12.0. The van der Waals surface area contributed by atoms with Gasteiger partial charge in [0.2, 0.25) is 11.5 Å². The minimum atomic E-state index is -0.834. The van der Waals surface area contributed by atoms with Crippen LogP contribution in [0.25, 0.3) is 0 Å². The van der Waals surface area contributed by atoms with Gasteiger partial charge in [-0.2, -0.15) is 19.1 Å². The smallest absolute Gasteiger partial charge is 0.254 e. The maximum absolute atomic E-state index is 12.3. The number of carbonyl (C=O) groups excluding carboxylic acids is 2. The summed E-state index contributed by atoms with van der Waals surface area (Å²) in [4.78, 5) is 23.3. The van der Waals surface area contributed by atoms with Gasteiger partial charge in [0, 0.05) is 15.7 Å². The number of nitriles is 2. The number of halogens is 3. The molecule has 0 saturated heterocycles. The van der Waals surface area contributed by atoms with Crippen LogP contribution in [-0.2, 0) is 11.5 Å². The first-order chi connectivity index (χ1) is 19.1. The van der Waals surface area contributed by atoms with Gasteiger partial charge in [-0.3, -0.25) is 9.59 Å². The lowest BCUT2D eigenvalue weighted by Crippen LogP contribution is -2.46. The zero-order chi connectivity index (χ0) is 31.1. The number of nitrogen functional groups attached to an aromatic ring is 1. The van der Waals surface area contributed by atoms with Crippen LogP contribution in [0.15, 0.2) is 28.6 Å². The lowest BCUT2D eigenvalue weighted by molar-refractivity contribution is 0.0917. The first kappa shape index (κ1) is 34.2. The molecule has 2 aliphatic rings. The molecule has 0 aromatic heterocycles. The molecule has 9 nitrogen and oxygen atoms in total. The van der Waals surface area contributed by atoms with Gasteiger partial charge in [0.25, 0.3) is 11.1 Å². The topological polar surface area (TPSA) is 175 Å². The van der Waals surface area contributed by atoms with Crippen molar-refractivity contribution in [3.63, 3.8) is 0 Å². The highest BCUT2D eigenvalue weighted by molar-refractivity contribution is 7.54. The first-order valence-electron chi connectivity index (χ1n) is 12.6. The minimum absolute atomic E-state index is 0.0274. The molecule has 2 atom stereocenters. The van der Waals surface area contributed by atoms with Gasteiger partial charge in [0.1, 0.15) is 11.1 Å². The number of hydrogen-bond donors (Lipinski definition) is 3. The number of nitrogens with zero attached hydrogens (tertiary/aromatic N) is 3. The highest BCUT2D eigenvalue weighted by Crippen LogP contribution is 2.39. The number of anilines is 1. The molecule has 2 aromatic rings. The van der Waals surface area contributed by atoms with E-state index in [-0.39, 0.29) is 34.5 Å². The van der Waals surface area contributed by atoms with Crippen molar-refractivity contribution >= 4 is 68.8 Å². The molecule has 2 fully saturated rings. The summed E-state index contributed by atoms with van der Waals surface area (Å²) in [6.07, 6.45) is 4.21. The van der Waals surface area contributed by atoms with Crippen molar-refractivity contribution in [3.8, 4) is 12.1 Å². The summed E-state index contributed by atoms with van der Waals surface area (Å²) >= 11 is 17.0. The van der Waals surface area contributed by atoms with E-state index in [1.165, 1.54) is 12.1 Å². The number of amides is 1. The molecule has 0 heterocycles. The second kappa shape index (κ2) is 14.3. The lowest BCUT2D eigenvalue weighted by Gasteiger charge is -2.23. The van der Waals surface area contributed by atoms with Gasteiger partial charge in [-0.05, 0) is 112 Å². The third-order valence-corrected chi connectivity index (χ3v) is 7.76. The normalized spacial score (nSPS) is 16.4. The molecule has 218 valence electrons. The maximum Gasteiger partial charge on any atom is 0.254 e. The van der Waals surface area contributed by atoms with Crippen LogP contribution in [0.3, 0.4) is 0 Å². The molecule has 0 spiro atoms. The molecule has 0 radical (unpaired) electrons. The molecule has 2 saturated carbocycles. The fourth-order valence-corrected chi connectivity index (χ4v) is 4.95. The lowest BCUT2D eigenvalue weighted by atomic mass is 9.97. The van der Waals surface area contributed by atoms with Crippen molar-refractivity contribution in [1.82, 2.24) is 5.32 Å². The van der Waals surface area contributed by atoms with E-state index >= 15 is 0 Å². The molecule has 2 aliphatic carbocycles. The highest BCUT2D eigenvalue weighted by atomic mass is 35.5. The van der Waals surface area contributed by atoms with Crippen LogP contribution in [-0.4, -0.2) is 26.4 Å². The van der Waals surface area contributed by atoms with Gasteiger partial charge >= 0.3 is 0 Å².